The van der Waals surface area contributed by atoms with Gasteiger partial charge >= 0.3 is 0 Å². The zero-order chi connectivity index (χ0) is 11.4. The summed E-state index contributed by atoms with van der Waals surface area (Å²) in [5.74, 6) is -2.33. The van der Waals surface area contributed by atoms with Crippen LogP contribution in [0.5, 0.6) is 0 Å². The van der Waals surface area contributed by atoms with Crippen molar-refractivity contribution < 1.29 is 13.6 Å². The summed E-state index contributed by atoms with van der Waals surface area (Å²) >= 11 is 0. The van der Waals surface area contributed by atoms with Crippen molar-refractivity contribution in [3.63, 3.8) is 0 Å². The Morgan fingerprint density at radius 3 is 2.47 bits per heavy atom. The van der Waals surface area contributed by atoms with Gasteiger partial charge in [-0.15, -0.1) is 0 Å². The van der Waals surface area contributed by atoms with Crippen molar-refractivity contribution in [2.24, 2.45) is 0 Å². The van der Waals surface area contributed by atoms with Gasteiger partial charge in [0.25, 0.3) is 0 Å². The topological polar surface area (TPSA) is 20.3 Å². The van der Waals surface area contributed by atoms with E-state index in [9.17, 15) is 13.6 Å². The number of benzene rings is 1. The van der Waals surface area contributed by atoms with Gasteiger partial charge in [0.05, 0.1) is 0 Å². The van der Waals surface area contributed by atoms with Gasteiger partial charge in [0.1, 0.15) is 0 Å². The van der Waals surface area contributed by atoms with E-state index in [2.05, 4.69) is 0 Å². The summed E-state index contributed by atoms with van der Waals surface area (Å²) in [6, 6.07) is 3.07. The zero-order valence-electron chi connectivity index (χ0n) is 8.50. The number of rotatable bonds is 3. The molecule has 0 fully saturated rings. The molecule has 0 atom stereocenters. The lowest BCUT2D eigenvalue weighted by molar-refractivity contribution is 0.104. The predicted octanol–water partition coefficient (Wildman–Crippen LogP) is 2.22. The average molecular weight is 211 g/mol. The Labute approximate surface area is 86.8 Å². The summed E-state index contributed by atoms with van der Waals surface area (Å²) in [6.45, 7) is 0. The number of nitrogens with zero attached hydrogens (tertiary/aromatic N) is 1. The molecule has 2 nitrogen and oxygen atoms in total. The first-order valence-corrected chi connectivity index (χ1v) is 4.34. The van der Waals surface area contributed by atoms with E-state index in [1.165, 1.54) is 12.1 Å². The van der Waals surface area contributed by atoms with Crippen LogP contribution in [0.15, 0.2) is 30.5 Å². The minimum absolute atomic E-state index is 0.131. The van der Waals surface area contributed by atoms with Crippen LogP contribution in [0.1, 0.15) is 10.4 Å². The normalized spacial score (nSPS) is 10.7. The van der Waals surface area contributed by atoms with Gasteiger partial charge in [0, 0.05) is 31.9 Å². The third kappa shape index (κ3) is 3.16. The molecule has 1 aromatic rings. The third-order valence-corrected chi connectivity index (χ3v) is 1.73. The molecule has 4 heteroatoms. The maximum absolute atomic E-state index is 12.8. The van der Waals surface area contributed by atoms with Gasteiger partial charge in [-0.2, -0.15) is 0 Å². The molecule has 0 aliphatic heterocycles. The molecule has 0 aliphatic carbocycles. The fourth-order valence-electron chi connectivity index (χ4n) is 0.962. The number of hydrogen-bond donors (Lipinski definition) is 0. The highest BCUT2D eigenvalue weighted by atomic mass is 19.2. The number of allylic oxidation sites excluding steroid dienone is 1. The third-order valence-electron chi connectivity index (χ3n) is 1.73. The lowest BCUT2D eigenvalue weighted by Gasteiger charge is -2.02. The molecule has 1 rings (SSSR count). The van der Waals surface area contributed by atoms with Crippen LogP contribution in [0.4, 0.5) is 8.78 Å². The number of carbonyl (C=O) groups is 1. The molecule has 0 aromatic heterocycles. The van der Waals surface area contributed by atoms with Gasteiger partial charge in [-0.3, -0.25) is 4.79 Å². The second kappa shape index (κ2) is 4.68. The summed E-state index contributed by atoms with van der Waals surface area (Å²) in [5.41, 5.74) is 0.131. The molecular weight excluding hydrogens is 200 g/mol. The van der Waals surface area contributed by atoms with Crippen LogP contribution in [-0.2, 0) is 0 Å². The largest absolute Gasteiger partial charge is 0.383 e. The van der Waals surface area contributed by atoms with Gasteiger partial charge in [-0.25, -0.2) is 8.78 Å². The molecular formula is C11H11F2NO. The number of halogens is 2. The van der Waals surface area contributed by atoms with Crippen LogP contribution in [0, 0.1) is 11.6 Å². The van der Waals surface area contributed by atoms with Crippen molar-refractivity contribution in [1.82, 2.24) is 4.90 Å². The second-order valence-corrected chi connectivity index (χ2v) is 3.27. The summed E-state index contributed by atoms with van der Waals surface area (Å²) in [4.78, 5) is 13.1. The van der Waals surface area contributed by atoms with Crippen molar-refractivity contribution >= 4 is 5.78 Å². The van der Waals surface area contributed by atoms with E-state index in [1.54, 1.807) is 25.2 Å². The average Bonchev–Trinajstić information content (AvgIpc) is 2.18. The second-order valence-electron chi connectivity index (χ2n) is 3.27. The Bertz CT molecular complexity index is 400. The molecule has 0 unspecified atom stereocenters. The number of carbonyl (C=O) groups excluding carboxylic acids is 1. The first-order valence-electron chi connectivity index (χ1n) is 4.34. The smallest absolute Gasteiger partial charge is 0.187 e. The molecule has 1 aromatic carbocycles. The highest BCUT2D eigenvalue weighted by Crippen LogP contribution is 2.09. The first kappa shape index (κ1) is 11.4. The van der Waals surface area contributed by atoms with E-state index < -0.39 is 11.6 Å². The van der Waals surface area contributed by atoms with Gasteiger partial charge in [-0.1, -0.05) is 0 Å². The molecule has 0 heterocycles. The van der Waals surface area contributed by atoms with E-state index in [1.807, 2.05) is 0 Å². The number of ketones is 1. The van der Waals surface area contributed by atoms with Gasteiger partial charge in [0.2, 0.25) is 0 Å². The van der Waals surface area contributed by atoms with Crippen LogP contribution < -0.4 is 0 Å². The lowest BCUT2D eigenvalue weighted by atomic mass is 10.1. The monoisotopic (exact) mass is 211 g/mol. The highest BCUT2D eigenvalue weighted by Gasteiger charge is 2.06. The first-order chi connectivity index (χ1) is 7.00. The molecule has 15 heavy (non-hydrogen) atoms. The minimum Gasteiger partial charge on any atom is -0.383 e. The summed E-state index contributed by atoms with van der Waals surface area (Å²) in [6.07, 6.45) is 2.84. The predicted molar refractivity (Wildman–Crippen MR) is 53.5 cm³/mol. The quantitative estimate of drug-likeness (QED) is 0.564. The molecule has 0 radical (unpaired) electrons. The molecule has 0 spiro atoms. The summed E-state index contributed by atoms with van der Waals surface area (Å²) < 4.78 is 25.3. The van der Waals surface area contributed by atoms with Crippen LogP contribution in [-0.4, -0.2) is 24.8 Å². The van der Waals surface area contributed by atoms with Crippen molar-refractivity contribution in [3.05, 3.63) is 47.7 Å². The Hall–Kier alpha value is -1.71. The maximum Gasteiger partial charge on any atom is 0.187 e. The van der Waals surface area contributed by atoms with Crippen LogP contribution in [0.3, 0.4) is 0 Å². The standard InChI is InChI=1S/C11H11F2NO/c1-14(2)6-5-11(15)8-3-4-9(12)10(13)7-8/h3-7H,1-2H3. The molecule has 80 valence electrons. The van der Waals surface area contributed by atoms with E-state index in [-0.39, 0.29) is 11.3 Å². The van der Waals surface area contributed by atoms with Crippen molar-refractivity contribution in [3.8, 4) is 0 Å². The molecule has 0 aliphatic rings. The van der Waals surface area contributed by atoms with Crippen molar-refractivity contribution in [2.45, 2.75) is 0 Å². The SMILES string of the molecule is CN(C)C=CC(=O)c1ccc(F)c(F)c1. The maximum atomic E-state index is 12.8. The zero-order valence-corrected chi connectivity index (χ0v) is 8.50. The highest BCUT2D eigenvalue weighted by molar-refractivity contribution is 6.04. The molecule has 0 bridgehead atoms. The van der Waals surface area contributed by atoms with Crippen LogP contribution in [0.2, 0.25) is 0 Å². The molecule has 0 N–H and O–H groups in total. The van der Waals surface area contributed by atoms with Crippen LogP contribution >= 0.6 is 0 Å². The fraction of sp³-hybridized carbons (Fsp3) is 0.182. The van der Waals surface area contributed by atoms with E-state index in [4.69, 9.17) is 0 Å². The lowest BCUT2D eigenvalue weighted by Crippen LogP contribution is -2.03. The summed E-state index contributed by atoms with van der Waals surface area (Å²) in [5, 5.41) is 0. The Balaban J connectivity index is 2.88. The van der Waals surface area contributed by atoms with Gasteiger partial charge < -0.3 is 4.90 Å². The Morgan fingerprint density at radius 2 is 1.93 bits per heavy atom. The molecule has 0 saturated carbocycles. The fourth-order valence-corrected chi connectivity index (χ4v) is 0.962. The molecule has 0 amide bonds. The van der Waals surface area contributed by atoms with Crippen molar-refractivity contribution in [1.29, 1.82) is 0 Å². The summed E-state index contributed by atoms with van der Waals surface area (Å²) in [7, 11) is 3.52. The van der Waals surface area contributed by atoms with E-state index in [0.29, 0.717) is 0 Å². The number of hydrogen-bond acceptors (Lipinski definition) is 2. The Kier molecular flexibility index (Phi) is 3.55. The van der Waals surface area contributed by atoms with Crippen molar-refractivity contribution in [2.75, 3.05) is 14.1 Å². The van der Waals surface area contributed by atoms with Gasteiger partial charge in [0.15, 0.2) is 17.4 Å². The minimum atomic E-state index is -1.01. The van der Waals surface area contributed by atoms with E-state index >= 15 is 0 Å². The van der Waals surface area contributed by atoms with E-state index in [0.717, 1.165) is 12.1 Å². The van der Waals surface area contributed by atoms with Crippen LogP contribution in [0.25, 0.3) is 0 Å². The Morgan fingerprint density at radius 1 is 1.27 bits per heavy atom. The molecule has 0 saturated heterocycles. The van der Waals surface area contributed by atoms with Gasteiger partial charge in [-0.05, 0) is 18.2 Å².